The molecule has 0 bridgehead atoms. The highest BCUT2D eigenvalue weighted by atomic mass is 16.4. The normalized spacial score (nSPS) is 21.1. The Labute approximate surface area is 128 Å². The molecule has 0 aromatic heterocycles. The predicted octanol–water partition coefficient (Wildman–Crippen LogP) is -0.526. The van der Waals surface area contributed by atoms with Gasteiger partial charge in [0.2, 0.25) is 5.91 Å². The Hall–Kier alpha value is -2.37. The fourth-order valence-corrected chi connectivity index (χ4v) is 2.83. The Morgan fingerprint density at radius 1 is 1.00 bits per heavy atom. The summed E-state index contributed by atoms with van der Waals surface area (Å²) in [4.78, 5) is 33.9. The van der Waals surface area contributed by atoms with Crippen LogP contribution in [0.4, 0.5) is 5.69 Å². The minimum absolute atomic E-state index is 0.191. The molecule has 2 atom stereocenters. The molecule has 6 nitrogen and oxygen atoms in total. The number of anilines is 1. The first-order chi connectivity index (χ1) is 10.5. The molecule has 1 aromatic carbocycles. The van der Waals surface area contributed by atoms with Crippen molar-refractivity contribution in [3.63, 3.8) is 0 Å². The number of benzene rings is 1. The van der Waals surface area contributed by atoms with Crippen molar-refractivity contribution in [1.82, 2.24) is 0 Å². The van der Waals surface area contributed by atoms with Gasteiger partial charge in [-0.3, -0.25) is 4.79 Å². The molecule has 0 unspecified atom stereocenters. The van der Waals surface area contributed by atoms with Gasteiger partial charge in [0, 0.05) is 35.9 Å². The van der Waals surface area contributed by atoms with Crippen molar-refractivity contribution in [1.29, 1.82) is 0 Å². The maximum atomic E-state index is 12.2. The summed E-state index contributed by atoms with van der Waals surface area (Å²) in [7, 11) is 0. The van der Waals surface area contributed by atoms with Crippen LogP contribution in [0.1, 0.15) is 31.2 Å². The van der Waals surface area contributed by atoms with Crippen molar-refractivity contribution < 1.29 is 24.6 Å². The number of carboxylic acid groups (broad SMARTS) is 2. The minimum Gasteiger partial charge on any atom is -0.550 e. The summed E-state index contributed by atoms with van der Waals surface area (Å²) in [5.41, 5.74) is 1.08. The molecule has 0 spiro atoms. The van der Waals surface area contributed by atoms with Gasteiger partial charge in [-0.2, -0.15) is 0 Å². The lowest BCUT2D eigenvalue weighted by atomic mass is 9.78. The molecule has 1 fully saturated rings. The van der Waals surface area contributed by atoms with Crippen molar-refractivity contribution in [2.45, 2.75) is 32.1 Å². The van der Waals surface area contributed by atoms with Crippen LogP contribution >= 0.6 is 0 Å². The van der Waals surface area contributed by atoms with Crippen molar-refractivity contribution >= 4 is 23.5 Å². The number of aliphatic carboxylic acids is 2. The smallest absolute Gasteiger partial charge is 0.228 e. The predicted molar refractivity (Wildman–Crippen MR) is 74.2 cm³/mol. The maximum absolute atomic E-state index is 12.2. The summed E-state index contributed by atoms with van der Waals surface area (Å²) in [6.45, 7) is 0. The van der Waals surface area contributed by atoms with Gasteiger partial charge in [0.15, 0.2) is 0 Å². The number of hydrogen-bond donors (Lipinski definition) is 1. The van der Waals surface area contributed by atoms with Crippen molar-refractivity contribution in [2.24, 2.45) is 11.8 Å². The van der Waals surface area contributed by atoms with Crippen LogP contribution in [-0.4, -0.2) is 17.8 Å². The van der Waals surface area contributed by atoms with Gasteiger partial charge in [-0.1, -0.05) is 25.0 Å². The van der Waals surface area contributed by atoms with Gasteiger partial charge >= 0.3 is 0 Å². The Bertz CT molecular complexity index is 566. The molecular formula is C16H17NO5-2. The van der Waals surface area contributed by atoms with Gasteiger partial charge in [-0.15, -0.1) is 0 Å². The zero-order chi connectivity index (χ0) is 16.1. The van der Waals surface area contributed by atoms with Crippen molar-refractivity contribution in [3.05, 3.63) is 29.8 Å². The zero-order valence-electron chi connectivity index (χ0n) is 12.0. The molecule has 6 heteroatoms. The highest BCUT2D eigenvalue weighted by molar-refractivity contribution is 5.95. The number of carbonyl (C=O) groups is 3. The average Bonchev–Trinajstić information content (AvgIpc) is 2.48. The van der Waals surface area contributed by atoms with Gasteiger partial charge in [0.25, 0.3) is 0 Å². The topological polar surface area (TPSA) is 109 Å². The molecule has 2 rings (SSSR count). The van der Waals surface area contributed by atoms with Crippen molar-refractivity contribution in [2.75, 3.05) is 5.32 Å². The summed E-state index contributed by atoms with van der Waals surface area (Å²) < 4.78 is 0. The van der Waals surface area contributed by atoms with Crippen LogP contribution in [0.2, 0.25) is 0 Å². The summed E-state index contributed by atoms with van der Waals surface area (Å²) in [6.07, 6.45) is 2.43. The standard InChI is InChI=1S/C16H19NO5/c18-14(19)9-10-5-7-11(8-6-10)17-15(20)12-3-1-2-4-13(12)16(21)22/h5-8,12-13H,1-4,9H2,(H,17,20)(H,18,19)(H,21,22)/p-2/t12-,13+/m1/s1. The summed E-state index contributed by atoms with van der Waals surface area (Å²) in [5.74, 6) is -4.01. The van der Waals surface area contributed by atoms with Crippen LogP contribution in [0.25, 0.3) is 0 Å². The van der Waals surface area contributed by atoms with E-state index < -0.39 is 23.8 Å². The zero-order valence-corrected chi connectivity index (χ0v) is 12.0. The third-order valence-electron chi connectivity index (χ3n) is 3.98. The molecule has 1 N–H and O–H groups in total. The van der Waals surface area contributed by atoms with E-state index in [1.807, 2.05) is 0 Å². The molecule has 1 aliphatic carbocycles. The molecule has 1 aliphatic rings. The highest BCUT2D eigenvalue weighted by Gasteiger charge is 2.31. The SMILES string of the molecule is O=C([O-])Cc1ccc(NC(=O)[C@@H]2CCCC[C@@H]2C(=O)[O-])cc1. The quantitative estimate of drug-likeness (QED) is 0.786. The lowest BCUT2D eigenvalue weighted by Crippen LogP contribution is -2.42. The van der Waals surface area contributed by atoms with E-state index in [-0.39, 0.29) is 12.3 Å². The van der Waals surface area contributed by atoms with Crippen molar-refractivity contribution in [3.8, 4) is 0 Å². The monoisotopic (exact) mass is 303 g/mol. The second kappa shape index (κ2) is 7.06. The summed E-state index contributed by atoms with van der Waals surface area (Å²) in [6, 6.07) is 6.35. The van der Waals surface area contributed by atoms with Gasteiger partial charge in [-0.05, 0) is 30.5 Å². The van der Waals surface area contributed by atoms with E-state index >= 15 is 0 Å². The highest BCUT2D eigenvalue weighted by Crippen LogP contribution is 2.30. The molecular weight excluding hydrogens is 286 g/mol. The van der Waals surface area contributed by atoms with Crippen LogP contribution in [-0.2, 0) is 20.8 Å². The third-order valence-corrected chi connectivity index (χ3v) is 3.98. The fraction of sp³-hybridized carbons (Fsp3) is 0.438. The van der Waals surface area contributed by atoms with E-state index in [0.717, 1.165) is 12.8 Å². The number of amides is 1. The fourth-order valence-electron chi connectivity index (χ4n) is 2.83. The van der Waals surface area contributed by atoms with Crippen LogP contribution in [0.5, 0.6) is 0 Å². The lowest BCUT2D eigenvalue weighted by molar-refractivity contribution is -0.314. The largest absolute Gasteiger partial charge is 0.550 e. The van der Waals surface area contributed by atoms with E-state index in [9.17, 15) is 24.6 Å². The van der Waals surface area contributed by atoms with Crippen LogP contribution in [0.3, 0.4) is 0 Å². The van der Waals surface area contributed by atoms with Gasteiger partial charge < -0.3 is 25.1 Å². The Balaban J connectivity index is 2.01. The van der Waals surface area contributed by atoms with E-state index in [1.54, 1.807) is 24.3 Å². The molecule has 0 radical (unpaired) electrons. The second-order valence-corrected chi connectivity index (χ2v) is 5.55. The van der Waals surface area contributed by atoms with Crippen LogP contribution in [0, 0.1) is 11.8 Å². The first-order valence-corrected chi connectivity index (χ1v) is 7.28. The Morgan fingerprint density at radius 3 is 2.14 bits per heavy atom. The first-order valence-electron chi connectivity index (χ1n) is 7.28. The Morgan fingerprint density at radius 2 is 1.59 bits per heavy atom. The van der Waals surface area contributed by atoms with Crippen LogP contribution in [0.15, 0.2) is 24.3 Å². The molecule has 1 amide bonds. The van der Waals surface area contributed by atoms with Gasteiger partial charge in [0.1, 0.15) is 0 Å². The number of carbonyl (C=O) groups excluding carboxylic acids is 3. The van der Waals surface area contributed by atoms with E-state index in [2.05, 4.69) is 5.32 Å². The summed E-state index contributed by atoms with van der Waals surface area (Å²) in [5, 5.41) is 24.3. The van der Waals surface area contributed by atoms with Gasteiger partial charge in [0.05, 0.1) is 0 Å². The summed E-state index contributed by atoms with van der Waals surface area (Å²) >= 11 is 0. The van der Waals surface area contributed by atoms with E-state index in [4.69, 9.17) is 0 Å². The Kier molecular flexibility index (Phi) is 5.14. The number of carboxylic acids is 2. The molecule has 118 valence electrons. The molecule has 0 saturated heterocycles. The molecule has 1 saturated carbocycles. The van der Waals surface area contributed by atoms with Crippen LogP contribution < -0.4 is 15.5 Å². The second-order valence-electron chi connectivity index (χ2n) is 5.55. The lowest BCUT2D eigenvalue weighted by Gasteiger charge is -2.31. The van der Waals surface area contributed by atoms with E-state index in [1.165, 1.54) is 0 Å². The maximum Gasteiger partial charge on any atom is 0.228 e. The first kappa shape index (κ1) is 16.0. The molecule has 22 heavy (non-hydrogen) atoms. The van der Waals surface area contributed by atoms with Gasteiger partial charge in [-0.25, -0.2) is 0 Å². The third kappa shape index (κ3) is 4.07. The van der Waals surface area contributed by atoms with E-state index in [0.29, 0.717) is 24.1 Å². The molecule has 0 aliphatic heterocycles. The number of nitrogens with one attached hydrogen (secondary N) is 1. The average molecular weight is 303 g/mol. The number of rotatable bonds is 5. The minimum atomic E-state index is -1.18. The molecule has 0 heterocycles. The number of hydrogen-bond acceptors (Lipinski definition) is 5. The molecule has 1 aromatic rings.